The highest BCUT2D eigenvalue weighted by Gasteiger charge is 2.47. The van der Waals surface area contributed by atoms with E-state index >= 15 is 0 Å². The molecule has 8 atom stereocenters. The summed E-state index contributed by atoms with van der Waals surface area (Å²) in [5, 5.41) is 57.1. The van der Waals surface area contributed by atoms with Gasteiger partial charge in [-0.3, -0.25) is 9.59 Å². The predicted octanol–water partition coefficient (Wildman–Crippen LogP) is 16.4. The third-order valence-electron chi connectivity index (χ3n) is 15.7. The van der Waals surface area contributed by atoms with Crippen LogP contribution in [0.15, 0.2) is 48.6 Å². The summed E-state index contributed by atoms with van der Waals surface area (Å²) < 4.78 is 17.6. The number of nitrogens with one attached hydrogen (secondary N) is 1. The number of esters is 1. The Bertz CT molecular complexity index is 1470. The highest BCUT2D eigenvalue weighted by Crippen LogP contribution is 2.26. The molecule has 8 unspecified atom stereocenters. The van der Waals surface area contributed by atoms with Crippen LogP contribution in [0.25, 0.3) is 0 Å². The molecule has 1 fully saturated rings. The van der Waals surface area contributed by atoms with Gasteiger partial charge in [0.1, 0.15) is 24.4 Å². The summed E-state index contributed by atoms with van der Waals surface area (Å²) in [6.07, 6.45) is 58.6. The minimum absolute atomic E-state index is 0.127. The van der Waals surface area contributed by atoms with Crippen molar-refractivity contribution in [3.05, 3.63) is 48.6 Å². The first-order chi connectivity index (χ1) is 38.7. The SMILES string of the molecule is CCCCC/C=C\C/C=C\C/C=C\CCCCCCCCCCCCCC(O)C(=O)NC(COC1OC(CO)C(O)C(O)C1OC(=O)CCCCCCCCCCCCCCCC)C(O)/C=C/CCCCCCCCCCCC. The second-order valence-corrected chi connectivity index (χ2v) is 23.2. The maximum absolute atomic E-state index is 13.5. The molecule has 0 bridgehead atoms. The number of carbonyl (C=O) groups excluding carboxylic acids is 2. The predicted molar refractivity (Wildman–Crippen MR) is 329 cm³/mol. The molecule has 0 aromatic carbocycles. The summed E-state index contributed by atoms with van der Waals surface area (Å²) in [6.45, 7) is 5.78. The van der Waals surface area contributed by atoms with Crippen molar-refractivity contribution in [1.29, 1.82) is 0 Å². The van der Waals surface area contributed by atoms with Gasteiger partial charge in [-0.15, -0.1) is 0 Å². The molecule has 0 aliphatic carbocycles. The second kappa shape index (κ2) is 56.1. The Labute approximate surface area is 485 Å². The van der Waals surface area contributed by atoms with Gasteiger partial charge in [-0.25, -0.2) is 0 Å². The fourth-order valence-electron chi connectivity index (χ4n) is 10.4. The third kappa shape index (κ3) is 43.9. The molecule has 1 amide bonds. The first-order valence-electron chi connectivity index (χ1n) is 33.4. The van der Waals surface area contributed by atoms with Gasteiger partial charge in [0.2, 0.25) is 5.91 Å². The Morgan fingerprint density at radius 3 is 1.33 bits per heavy atom. The zero-order valence-electron chi connectivity index (χ0n) is 51.2. The van der Waals surface area contributed by atoms with Gasteiger partial charge in [-0.2, -0.15) is 0 Å². The van der Waals surface area contributed by atoms with E-state index in [1.165, 1.54) is 186 Å². The van der Waals surface area contributed by atoms with E-state index < -0.39 is 67.4 Å². The van der Waals surface area contributed by atoms with Crippen molar-refractivity contribution in [2.24, 2.45) is 0 Å². The lowest BCUT2D eigenvalue weighted by atomic mass is 9.99. The number of unbranched alkanes of at least 4 members (excludes halogenated alkanes) is 37. The molecule has 0 saturated carbocycles. The molecule has 1 saturated heterocycles. The Kier molecular flexibility index (Phi) is 53.0. The number of allylic oxidation sites excluding steroid dienone is 7. The zero-order chi connectivity index (χ0) is 57.5. The van der Waals surface area contributed by atoms with Crippen LogP contribution in [0, 0.1) is 0 Å². The Hall–Kier alpha value is -2.38. The van der Waals surface area contributed by atoms with Crippen LogP contribution in [0.3, 0.4) is 0 Å². The van der Waals surface area contributed by atoms with Crippen molar-refractivity contribution in [3.8, 4) is 0 Å². The van der Waals surface area contributed by atoms with Gasteiger partial charge in [-0.1, -0.05) is 288 Å². The number of amides is 1. The smallest absolute Gasteiger partial charge is 0.306 e. The standard InChI is InChI=1S/C68H125NO10/c1-4-7-10-13-16-19-22-25-27-28-29-30-31-32-33-34-35-36-37-40-43-46-49-52-55-61(72)67(76)69-59(60(71)54-51-48-45-42-39-24-21-18-15-12-9-6-3)58-77-68-66(65(75)64(74)62(57-70)78-68)79-63(73)56-53-50-47-44-41-38-26-23-20-17-14-11-8-5-2/h16,19,25,27,29-30,51,54,59-62,64-66,68,70-72,74-75H,4-15,17-18,20-24,26,28,31-50,52-53,55-58H2,1-3H3,(H,69,76)/b19-16-,27-25-,30-29-,54-51+. The highest BCUT2D eigenvalue weighted by molar-refractivity contribution is 5.80. The van der Waals surface area contributed by atoms with Gasteiger partial charge in [0, 0.05) is 6.42 Å². The maximum atomic E-state index is 13.5. The van der Waals surface area contributed by atoms with Gasteiger partial charge >= 0.3 is 5.97 Å². The topological polar surface area (TPSA) is 175 Å². The summed E-state index contributed by atoms with van der Waals surface area (Å²) in [5.41, 5.74) is 0. The van der Waals surface area contributed by atoms with Crippen LogP contribution >= 0.6 is 0 Å². The van der Waals surface area contributed by atoms with Crippen molar-refractivity contribution in [2.45, 2.75) is 359 Å². The average Bonchev–Trinajstić information content (AvgIpc) is 3.46. The number of hydrogen-bond acceptors (Lipinski definition) is 10. The molecule has 462 valence electrons. The number of ether oxygens (including phenoxy) is 3. The van der Waals surface area contributed by atoms with Crippen molar-refractivity contribution >= 4 is 11.9 Å². The molecule has 1 heterocycles. The van der Waals surface area contributed by atoms with Crippen LogP contribution in [0.2, 0.25) is 0 Å². The van der Waals surface area contributed by atoms with Gasteiger partial charge in [0.05, 0.1) is 25.4 Å². The molecule has 11 nitrogen and oxygen atoms in total. The van der Waals surface area contributed by atoms with Gasteiger partial charge in [0.15, 0.2) is 12.4 Å². The first kappa shape index (κ1) is 74.6. The molecule has 1 rings (SSSR count). The largest absolute Gasteiger partial charge is 0.454 e. The molecule has 1 aliphatic heterocycles. The lowest BCUT2D eigenvalue weighted by Gasteiger charge is -2.41. The second-order valence-electron chi connectivity index (χ2n) is 23.2. The van der Waals surface area contributed by atoms with E-state index in [9.17, 15) is 35.1 Å². The van der Waals surface area contributed by atoms with E-state index in [1.54, 1.807) is 6.08 Å². The third-order valence-corrected chi connectivity index (χ3v) is 15.7. The average molecular weight is 1120 g/mol. The van der Waals surface area contributed by atoms with Crippen molar-refractivity contribution in [3.63, 3.8) is 0 Å². The fourth-order valence-corrected chi connectivity index (χ4v) is 10.4. The number of rotatable bonds is 57. The molecule has 0 spiro atoms. The highest BCUT2D eigenvalue weighted by atomic mass is 16.7. The van der Waals surface area contributed by atoms with Crippen molar-refractivity contribution in [2.75, 3.05) is 13.2 Å². The van der Waals surface area contributed by atoms with Crippen LogP contribution in [0.1, 0.15) is 310 Å². The molecule has 1 aliphatic rings. The summed E-state index contributed by atoms with van der Waals surface area (Å²) in [5.74, 6) is -1.19. The van der Waals surface area contributed by atoms with E-state index in [1.807, 2.05) is 6.08 Å². The summed E-state index contributed by atoms with van der Waals surface area (Å²) in [6, 6.07) is -1.02. The number of aliphatic hydroxyl groups is 5. The van der Waals surface area contributed by atoms with Crippen LogP contribution in [-0.2, 0) is 23.8 Å². The zero-order valence-corrected chi connectivity index (χ0v) is 51.2. The fraction of sp³-hybridized carbons (Fsp3) is 0.853. The quantitative estimate of drug-likeness (QED) is 0.0195. The molecule has 11 heteroatoms. The number of aliphatic hydroxyl groups excluding tert-OH is 5. The van der Waals surface area contributed by atoms with Crippen LogP contribution < -0.4 is 5.32 Å². The maximum Gasteiger partial charge on any atom is 0.306 e. The normalized spacial score (nSPS) is 19.1. The molecule has 79 heavy (non-hydrogen) atoms. The lowest BCUT2D eigenvalue weighted by Crippen LogP contribution is -2.61. The molecule has 6 N–H and O–H groups in total. The van der Waals surface area contributed by atoms with Gasteiger partial charge in [0.25, 0.3) is 0 Å². The molecule has 0 radical (unpaired) electrons. The Morgan fingerprint density at radius 2 is 0.873 bits per heavy atom. The monoisotopic (exact) mass is 1120 g/mol. The molecular formula is C68H125NO10. The molecule has 0 aromatic heterocycles. The molecular weight excluding hydrogens is 991 g/mol. The van der Waals surface area contributed by atoms with Crippen LogP contribution in [-0.4, -0.2) is 99.6 Å². The van der Waals surface area contributed by atoms with E-state index in [-0.39, 0.29) is 19.4 Å². The minimum Gasteiger partial charge on any atom is -0.454 e. The van der Waals surface area contributed by atoms with Gasteiger partial charge < -0.3 is 45.1 Å². The van der Waals surface area contributed by atoms with Crippen molar-refractivity contribution in [1.82, 2.24) is 5.32 Å². The molecule has 0 aromatic rings. The van der Waals surface area contributed by atoms with E-state index in [0.717, 1.165) is 77.0 Å². The van der Waals surface area contributed by atoms with Crippen LogP contribution in [0.5, 0.6) is 0 Å². The van der Waals surface area contributed by atoms with Crippen LogP contribution in [0.4, 0.5) is 0 Å². The number of hydrogen-bond donors (Lipinski definition) is 6. The van der Waals surface area contributed by atoms with E-state index in [4.69, 9.17) is 14.2 Å². The lowest BCUT2D eigenvalue weighted by molar-refractivity contribution is -0.305. The minimum atomic E-state index is -1.61. The summed E-state index contributed by atoms with van der Waals surface area (Å²) >= 11 is 0. The first-order valence-corrected chi connectivity index (χ1v) is 33.4. The Morgan fingerprint density at radius 1 is 0.494 bits per heavy atom. The van der Waals surface area contributed by atoms with E-state index in [0.29, 0.717) is 12.8 Å². The van der Waals surface area contributed by atoms with Gasteiger partial charge in [-0.05, 0) is 64.2 Å². The summed E-state index contributed by atoms with van der Waals surface area (Å²) in [7, 11) is 0. The van der Waals surface area contributed by atoms with E-state index in [2.05, 4.69) is 62.5 Å². The Balaban J connectivity index is 2.60. The van der Waals surface area contributed by atoms with Crippen molar-refractivity contribution < 1.29 is 49.3 Å². The summed E-state index contributed by atoms with van der Waals surface area (Å²) in [4.78, 5) is 26.6. The number of carbonyl (C=O) groups is 2.